The third kappa shape index (κ3) is 13.2. The lowest BCUT2D eigenvalue weighted by atomic mass is 10.0. The Morgan fingerprint density at radius 3 is 0.886 bits per heavy atom. The lowest BCUT2D eigenvalue weighted by molar-refractivity contribution is 1.16. The van der Waals surface area contributed by atoms with Gasteiger partial charge in [-0.15, -0.1) is 0 Å². The molecule has 0 fully saturated rings. The van der Waals surface area contributed by atoms with E-state index < -0.39 is 378 Å². The number of fused-ring (bicyclic) bond motifs is 30. The molecule has 0 unspecified atom stereocenters. The summed E-state index contributed by atoms with van der Waals surface area (Å²) in [5, 5.41) is 0.645. The van der Waals surface area contributed by atoms with Crippen LogP contribution in [0.25, 0.3) is 270 Å². The van der Waals surface area contributed by atoms with Gasteiger partial charge in [0.15, 0.2) is 0 Å². The van der Waals surface area contributed by atoms with Crippen molar-refractivity contribution < 1.29 is 74.1 Å². The van der Waals surface area contributed by atoms with Crippen molar-refractivity contribution in [3.05, 3.63) is 538 Å². The monoisotopic (exact) mass is 1960 g/mol. The number of rotatable bonds is 11. The molecule has 9 heteroatoms. The summed E-state index contributed by atoms with van der Waals surface area (Å²) < 4.78 is 495. The molecule has 0 aliphatic rings. The van der Waals surface area contributed by atoms with Gasteiger partial charge in [-0.2, -0.15) is 0 Å². The van der Waals surface area contributed by atoms with Gasteiger partial charge in [-0.05, 0) is 260 Å². The van der Waals surface area contributed by atoms with E-state index in [9.17, 15) is 34.3 Å². The van der Waals surface area contributed by atoms with Crippen molar-refractivity contribution >= 4 is 196 Å². The zero-order chi connectivity index (χ0) is 144. The van der Waals surface area contributed by atoms with Crippen molar-refractivity contribution in [2.24, 2.45) is 0 Å². The Labute approximate surface area is 933 Å². The molecule has 0 spiro atoms. The molecule has 0 bridgehead atoms. The molecule has 32 rings (SSSR count). The molecule has 0 aliphatic heterocycles. The van der Waals surface area contributed by atoms with Crippen molar-refractivity contribution in [3.63, 3.8) is 0 Å². The third-order valence-corrected chi connectivity index (χ3v) is 27.3. The molecule has 9 nitrogen and oxygen atoms in total. The Morgan fingerprint density at radius 2 is 0.436 bits per heavy atom. The smallest absolute Gasteiger partial charge is 0.0652 e. The van der Waals surface area contributed by atoms with Crippen LogP contribution >= 0.6 is 0 Å². The Kier molecular flexibility index (Phi) is 10.9. The first-order valence-corrected chi connectivity index (χ1v) is 47.0. The zero-order valence-corrected chi connectivity index (χ0v) is 77.7. The highest BCUT2D eigenvalue weighted by Crippen LogP contribution is 2.50. The molecule has 149 heavy (non-hydrogen) atoms. The lowest BCUT2D eigenvalue weighted by Crippen LogP contribution is -1.96. The Bertz CT molecular complexity index is 14500. The minimum atomic E-state index is -0.962. The highest BCUT2D eigenvalue weighted by molar-refractivity contribution is 6.33. The predicted molar refractivity (Wildman–Crippen MR) is 631 cm³/mol. The van der Waals surface area contributed by atoms with E-state index in [-0.39, 0.29) is 141 Å². The average Bonchev–Trinajstić information content (AvgIpc) is 1.51. The molecule has 23 aromatic carbocycles. The van der Waals surface area contributed by atoms with E-state index in [4.69, 9.17) is 38.4 Å². The Morgan fingerprint density at radius 1 is 0.141 bits per heavy atom. The van der Waals surface area contributed by atoms with Crippen molar-refractivity contribution in [3.8, 4) is 73.4 Å². The second kappa shape index (κ2) is 34.0. The molecule has 9 heterocycles. The maximum atomic E-state index is 9.98. The number of benzene rings is 23. The minimum Gasteiger partial charge on any atom is -0.309 e. The van der Waals surface area contributed by atoms with E-state index in [0.717, 1.165) is 90.4 Å². The first kappa shape index (κ1) is 47.6. The molecular formula is C140H95N9. The van der Waals surface area contributed by atoms with E-state index in [2.05, 4.69) is 9.13 Å². The highest BCUT2D eigenvalue weighted by Gasteiger charge is 2.28. The van der Waals surface area contributed by atoms with Gasteiger partial charge >= 0.3 is 0 Å². The molecule has 0 saturated carbocycles. The summed E-state index contributed by atoms with van der Waals surface area (Å²) in [4.78, 5) is 0. The van der Waals surface area contributed by atoms with Crippen LogP contribution in [0.5, 0.6) is 0 Å². The van der Waals surface area contributed by atoms with Crippen molar-refractivity contribution in [2.75, 3.05) is 0 Å². The van der Waals surface area contributed by atoms with Gasteiger partial charge in [0.25, 0.3) is 0 Å². The van der Waals surface area contributed by atoms with Crippen LogP contribution in [0.1, 0.15) is 85.2 Å². The fraction of sp³-hybridized carbons (Fsp3) is 0.0143. The second-order valence-corrected chi connectivity index (χ2v) is 35.4. The van der Waals surface area contributed by atoms with E-state index in [1.54, 1.807) is 15.2 Å². The van der Waals surface area contributed by atoms with Gasteiger partial charge in [-0.3, -0.25) is 0 Å². The SMILES string of the molecule is [2HH].[2H]c1c([2H])c(-c2c([2H])c([2H])c(-n3c4c([2H])c([2H])c([2H])c([2H])c4c4c5c6c([2H])c([2H])c([2H])c([2H])c6n(-c6ccc7c(c6)c6ccccc6n7-c6ccccc6)c5c([2H])c([2H])c43)c([2H])c2[2H])c([2H])c([2H])c1C.[2H]c1c([2H])c([2H])c2c(c1[2H])c1c3c4c([2H])c([2H])c([2H])c([2H])c4n(-c4ccc5c(c4)c4ccccc4n5-c4ccccc4)c3c([2H])c([2H])c1n2-c1ccc(-c2ccccc2)cc1.[2H]c1cc([2H])c2c3c([2H])c(-n4c5c([2H])c([2H])c([2H])c([2H])c5c5c6c7c([2H])c([2H])c([2H])c([2H])c7n(-c7c([2H])c([2H])c([2H])c(C)c7[2H])c6c([2H])c([2H])c54)c([2H])c([2H])c3n(-c3c([2H])c([2H])c([2H])c([2H])c3[2H])c2c1[2H]. The summed E-state index contributed by atoms with van der Waals surface area (Å²) in [5.74, 6) is 0. The maximum absolute atomic E-state index is 9.98. The van der Waals surface area contributed by atoms with Gasteiger partial charge in [0.2, 0.25) is 0 Å². The number of nitrogens with zero attached hydrogens (tertiary/aromatic N) is 9. The van der Waals surface area contributed by atoms with Crippen molar-refractivity contribution in [1.82, 2.24) is 41.1 Å². The minimum absolute atomic E-state index is 0. The van der Waals surface area contributed by atoms with Crippen LogP contribution in [-0.2, 0) is 0 Å². The molecule has 0 saturated heterocycles. The van der Waals surface area contributed by atoms with Crippen LogP contribution in [0.15, 0.2) is 527 Å². The quantitative estimate of drug-likeness (QED) is 0.124. The van der Waals surface area contributed by atoms with Crippen LogP contribution in [0.2, 0.25) is 0 Å². The summed E-state index contributed by atoms with van der Waals surface area (Å²) in [7, 11) is 0. The van der Waals surface area contributed by atoms with Crippen LogP contribution in [-0.4, -0.2) is 41.1 Å². The van der Waals surface area contributed by atoms with Gasteiger partial charge in [0, 0.05) is 150 Å². The van der Waals surface area contributed by atoms with Gasteiger partial charge in [0.1, 0.15) is 0 Å². The molecule has 0 atom stereocenters. The number of para-hydroxylation sites is 12. The van der Waals surface area contributed by atoms with Gasteiger partial charge in [-0.25, -0.2) is 0 Å². The van der Waals surface area contributed by atoms with Crippen molar-refractivity contribution in [1.29, 1.82) is 0 Å². The predicted octanol–water partition coefficient (Wildman–Crippen LogP) is 37.1. The molecule has 32 aromatic rings. The summed E-state index contributed by atoms with van der Waals surface area (Å²) >= 11 is 0. The topological polar surface area (TPSA) is 44.4 Å². The van der Waals surface area contributed by atoms with Crippen molar-refractivity contribution in [2.45, 2.75) is 13.8 Å². The molecule has 0 N–H and O–H groups in total. The first-order chi connectivity index (χ1) is 95.9. The van der Waals surface area contributed by atoms with Crippen LogP contribution in [0.3, 0.4) is 0 Å². The Balaban J connectivity index is 0.000000131. The Hall–Kier alpha value is -19.7. The van der Waals surface area contributed by atoms with Gasteiger partial charge < -0.3 is 41.1 Å². The molecule has 0 aliphatic carbocycles. The first-order valence-electron chi connectivity index (χ1n) is 73.5. The fourth-order valence-electron chi connectivity index (χ4n) is 21.1. The molecule has 700 valence electrons. The zero-order valence-electron chi connectivity index (χ0n) is 131. The van der Waals surface area contributed by atoms with E-state index in [0.29, 0.717) is 17.1 Å². The standard InChI is InChI=1S/C49H33N3.C48H31N3.C43H29N3.H2/c1-32-19-21-33(22-20-32)34-23-25-36(26-24-34)51-43-17-9-6-14-39(43)48-46(51)29-30-47-49(48)40-15-7-10-18-44(40)52(47)37-27-28-45-41(31-37)38-13-5-8-16-42(38)50(45)35-11-3-2-4-12-35;1-3-13-32(14-4-1)33-23-25-35(26-24-33)50-42-21-11-8-18-38(42)47-45(50)29-30-46-48(47)39-19-9-12-22-43(39)51(46)36-27-28-44-40(31-36)37-17-7-10-20-41(37)49(44)34-15-5-2-6-16-34;1-28-12-11-15-30(26-28)45-37-20-9-6-17-33(37)42-40(45)24-25-41-43(42)34-18-7-10-21-38(34)46(41)31-22-23-39-35(27-31)32-16-5-8-19-36(32)44(39)29-13-3-2-4-14-29;/h2-31H,1H3;1-31H;2-27H,1H3;1H/i6D,7D,9D,10D,14D,15D,17D,18D,19D,20D,21D,22D,23D,24D,25D,26D,29D,30D;8D,9D,11D,12D,18D,19D,21D,22D,29D,30D;2D,3D,4D,6D,7D,8D,9D,10D,11D,12D,13D,14D,15D,16D,17D,18D,19D,20D,21D,22D,23D,24D,25D,26D,27D;1+1. The highest BCUT2D eigenvalue weighted by atomic mass is 15.1. The summed E-state index contributed by atoms with van der Waals surface area (Å²) in [6.45, 7) is 2.68. The van der Waals surface area contributed by atoms with Gasteiger partial charge in [-0.1, -0.05) is 314 Å². The molecular weight excluding hydrogens is 1810 g/mol. The normalized spacial score (nSPS) is 16.9. The van der Waals surface area contributed by atoms with Crippen LogP contribution in [0.4, 0.5) is 0 Å². The summed E-state index contributed by atoms with van der Waals surface area (Å²) in [6, 6.07) is 29.2. The fourth-order valence-corrected chi connectivity index (χ4v) is 21.1. The number of hydrogen-bond acceptors (Lipinski definition) is 0. The lowest BCUT2D eigenvalue weighted by Gasteiger charge is -2.11. The number of hydrogen-bond donors (Lipinski definition) is 0. The molecule has 0 amide bonds. The maximum Gasteiger partial charge on any atom is 0.0652 e. The second-order valence-electron chi connectivity index (χ2n) is 35.4. The van der Waals surface area contributed by atoms with Crippen LogP contribution < -0.4 is 0 Å². The van der Waals surface area contributed by atoms with Crippen LogP contribution in [0, 0.1) is 13.8 Å². The van der Waals surface area contributed by atoms with E-state index in [1.807, 2.05) is 194 Å². The van der Waals surface area contributed by atoms with E-state index >= 15 is 0 Å². The molecule has 9 aromatic heterocycles. The molecule has 0 radical (unpaired) electrons. The summed E-state index contributed by atoms with van der Waals surface area (Å²) in [5.41, 5.74) is 1.03. The summed E-state index contributed by atoms with van der Waals surface area (Å²) in [6.07, 6.45) is 0. The average molecular weight is 1960 g/mol. The van der Waals surface area contributed by atoms with E-state index in [1.165, 1.54) is 18.4 Å². The van der Waals surface area contributed by atoms with Gasteiger partial charge in [0.05, 0.1) is 172 Å². The largest absolute Gasteiger partial charge is 0.309 e. The number of aromatic nitrogens is 9. The third-order valence-electron chi connectivity index (χ3n) is 27.3.